The Bertz CT molecular complexity index is 2550. The zero-order chi connectivity index (χ0) is 26.7. The zero-order valence-corrected chi connectivity index (χ0v) is 22.0. The highest BCUT2D eigenvalue weighted by Crippen LogP contribution is 2.45. The van der Waals surface area contributed by atoms with Gasteiger partial charge < -0.3 is 4.57 Å². The van der Waals surface area contributed by atoms with Crippen molar-refractivity contribution < 1.29 is 0 Å². The Hall–Kier alpha value is -5.48. The number of imidazole rings is 1. The molecule has 4 nitrogen and oxygen atoms in total. The number of hydrogen-bond donors (Lipinski definition) is 0. The Labute approximate surface area is 234 Å². The topological polar surface area (TPSA) is 35.1 Å². The lowest BCUT2D eigenvalue weighted by Gasteiger charge is -2.11. The SMILES string of the molecule is c1ccc(-n2c3cc4c(cc3c3c5c(ccc32)c2ccncc2n2c3ccccc3nc52)Cc2ccccc2-4)cc1. The van der Waals surface area contributed by atoms with Gasteiger partial charge in [0.05, 0.1) is 33.8 Å². The van der Waals surface area contributed by atoms with E-state index in [0.29, 0.717) is 0 Å². The van der Waals surface area contributed by atoms with E-state index in [1.807, 2.05) is 12.4 Å². The van der Waals surface area contributed by atoms with Gasteiger partial charge in [0.2, 0.25) is 0 Å². The lowest BCUT2D eigenvalue weighted by atomic mass is 9.99. The zero-order valence-electron chi connectivity index (χ0n) is 22.0. The van der Waals surface area contributed by atoms with Gasteiger partial charge in [-0.15, -0.1) is 0 Å². The molecule has 1 aliphatic rings. The molecule has 0 radical (unpaired) electrons. The van der Waals surface area contributed by atoms with Crippen molar-refractivity contribution in [3.05, 3.63) is 133 Å². The third kappa shape index (κ3) is 2.69. The second-order valence-corrected chi connectivity index (χ2v) is 11.1. The van der Waals surface area contributed by atoms with Gasteiger partial charge in [0.25, 0.3) is 0 Å². The number of fused-ring (bicyclic) bond motifs is 15. The molecule has 0 spiro atoms. The van der Waals surface area contributed by atoms with E-state index in [9.17, 15) is 0 Å². The maximum atomic E-state index is 5.26. The van der Waals surface area contributed by atoms with Gasteiger partial charge >= 0.3 is 0 Å². The fraction of sp³-hybridized carbons (Fsp3) is 0.0270. The Kier molecular flexibility index (Phi) is 3.95. The molecule has 0 bridgehead atoms. The van der Waals surface area contributed by atoms with Crippen molar-refractivity contribution in [2.24, 2.45) is 0 Å². The highest BCUT2D eigenvalue weighted by molar-refractivity contribution is 6.30. The molecule has 41 heavy (non-hydrogen) atoms. The first-order valence-corrected chi connectivity index (χ1v) is 14.1. The lowest BCUT2D eigenvalue weighted by Crippen LogP contribution is -1.95. The van der Waals surface area contributed by atoms with Crippen LogP contribution in [-0.2, 0) is 6.42 Å². The van der Waals surface area contributed by atoms with E-state index in [1.54, 1.807) is 0 Å². The van der Waals surface area contributed by atoms with Gasteiger partial charge in [-0.2, -0.15) is 0 Å². The van der Waals surface area contributed by atoms with Crippen molar-refractivity contribution in [1.29, 1.82) is 0 Å². The molecule has 0 fully saturated rings. The van der Waals surface area contributed by atoms with Crippen LogP contribution in [0.4, 0.5) is 0 Å². The van der Waals surface area contributed by atoms with E-state index >= 15 is 0 Å². The number of aromatic nitrogens is 4. The first-order chi connectivity index (χ1) is 20.3. The number of para-hydroxylation sites is 3. The third-order valence-corrected chi connectivity index (χ3v) is 8.97. The van der Waals surface area contributed by atoms with Crippen LogP contribution >= 0.6 is 0 Å². The molecule has 0 atom stereocenters. The van der Waals surface area contributed by atoms with Crippen molar-refractivity contribution in [1.82, 2.24) is 18.9 Å². The molecule has 190 valence electrons. The van der Waals surface area contributed by atoms with Gasteiger partial charge in [0.1, 0.15) is 5.65 Å². The molecule has 0 saturated carbocycles. The number of benzene rings is 5. The molecule has 4 aromatic heterocycles. The summed E-state index contributed by atoms with van der Waals surface area (Å²) in [6.07, 6.45) is 4.83. The lowest BCUT2D eigenvalue weighted by molar-refractivity contribution is 1.18. The van der Waals surface area contributed by atoms with Crippen LogP contribution in [0.3, 0.4) is 0 Å². The summed E-state index contributed by atoms with van der Waals surface area (Å²) in [6, 6.07) is 39.6. The molecule has 4 heteroatoms. The molecular formula is C37H22N4. The van der Waals surface area contributed by atoms with Gasteiger partial charge in [0, 0.05) is 33.4 Å². The minimum atomic E-state index is 0.960. The van der Waals surface area contributed by atoms with Crippen LogP contribution in [0.1, 0.15) is 11.1 Å². The number of rotatable bonds is 1. The van der Waals surface area contributed by atoms with Gasteiger partial charge in [-0.05, 0) is 82.6 Å². The van der Waals surface area contributed by atoms with Crippen LogP contribution in [0.2, 0.25) is 0 Å². The summed E-state index contributed by atoms with van der Waals surface area (Å²) >= 11 is 0. The van der Waals surface area contributed by atoms with Gasteiger partial charge in [-0.3, -0.25) is 9.38 Å². The van der Waals surface area contributed by atoms with Gasteiger partial charge in [0.15, 0.2) is 0 Å². The highest BCUT2D eigenvalue weighted by atomic mass is 15.0. The summed E-state index contributed by atoms with van der Waals surface area (Å²) in [5.74, 6) is 0. The minimum Gasteiger partial charge on any atom is -0.309 e. The quantitative estimate of drug-likeness (QED) is 0.202. The van der Waals surface area contributed by atoms with E-state index in [-0.39, 0.29) is 0 Å². The minimum absolute atomic E-state index is 0.960. The van der Waals surface area contributed by atoms with E-state index in [4.69, 9.17) is 4.98 Å². The van der Waals surface area contributed by atoms with E-state index in [2.05, 4.69) is 123 Å². The van der Waals surface area contributed by atoms with Crippen LogP contribution < -0.4 is 0 Å². The van der Waals surface area contributed by atoms with Crippen molar-refractivity contribution in [3.8, 4) is 16.8 Å². The molecule has 4 heterocycles. The summed E-state index contributed by atoms with van der Waals surface area (Å²) in [7, 11) is 0. The first-order valence-electron chi connectivity index (χ1n) is 14.1. The Morgan fingerprint density at radius 3 is 2.37 bits per heavy atom. The number of pyridine rings is 2. The second kappa shape index (κ2) is 7.58. The van der Waals surface area contributed by atoms with Crippen molar-refractivity contribution >= 4 is 60.2 Å². The Morgan fingerprint density at radius 1 is 0.561 bits per heavy atom. The molecule has 0 amide bonds. The van der Waals surface area contributed by atoms with Crippen LogP contribution in [-0.4, -0.2) is 18.9 Å². The average molecular weight is 523 g/mol. The summed E-state index contributed by atoms with van der Waals surface area (Å²) in [4.78, 5) is 9.78. The molecular weight excluding hydrogens is 500 g/mol. The molecule has 0 saturated heterocycles. The monoisotopic (exact) mass is 522 g/mol. The summed E-state index contributed by atoms with van der Waals surface area (Å²) in [5, 5.41) is 6.09. The Morgan fingerprint density at radius 2 is 1.41 bits per heavy atom. The van der Waals surface area contributed by atoms with Crippen LogP contribution in [0, 0.1) is 0 Å². The maximum absolute atomic E-state index is 5.26. The van der Waals surface area contributed by atoms with Gasteiger partial charge in [-0.25, -0.2) is 4.98 Å². The fourth-order valence-corrected chi connectivity index (χ4v) is 7.28. The molecule has 10 rings (SSSR count). The van der Waals surface area contributed by atoms with Crippen LogP contribution in [0.5, 0.6) is 0 Å². The molecule has 9 aromatic rings. The summed E-state index contributed by atoms with van der Waals surface area (Å²) < 4.78 is 4.73. The Balaban J connectivity index is 1.48. The number of nitrogens with zero attached hydrogens (tertiary/aromatic N) is 4. The first kappa shape index (κ1) is 21.4. The number of hydrogen-bond acceptors (Lipinski definition) is 2. The van der Waals surface area contributed by atoms with Crippen molar-refractivity contribution in [2.75, 3.05) is 0 Å². The third-order valence-electron chi connectivity index (χ3n) is 8.97. The average Bonchev–Trinajstić information content (AvgIpc) is 3.69. The molecule has 0 N–H and O–H groups in total. The standard InChI is InChI=1S/C37H22N4/c1-2-9-24(10-3-1)40-32-15-14-27-26-16-17-38-21-34(26)41-31-13-7-6-12-30(31)39-37(41)36(27)35(32)29-19-23-18-22-8-4-5-11-25(22)28(23)20-33(29)40/h1-17,19-21H,18H2. The van der Waals surface area contributed by atoms with E-state index in [1.165, 1.54) is 60.2 Å². The smallest absolute Gasteiger partial charge is 0.147 e. The highest BCUT2D eigenvalue weighted by Gasteiger charge is 2.24. The molecule has 5 aromatic carbocycles. The predicted octanol–water partition coefficient (Wildman–Crippen LogP) is 8.86. The molecule has 0 unspecified atom stereocenters. The summed E-state index contributed by atoms with van der Waals surface area (Å²) in [5.41, 5.74) is 13.2. The van der Waals surface area contributed by atoms with Gasteiger partial charge in [-0.1, -0.05) is 60.7 Å². The fourth-order valence-electron chi connectivity index (χ4n) is 7.28. The second-order valence-electron chi connectivity index (χ2n) is 11.1. The normalized spacial score (nSPS) is 12.8. The summed E-state index contributed by atoms with van der Waals surface area (Å²) in [6.45, 7) is 0. The van der Waals surface area contributed by atoms with Crippen LogP contribution in [0.15, 0.2) is 122 Å². The van der Waals surface area contributed by atoms with E-state index in [0.717, 1.165) is 34.3 Å². The predicted molar refractivity (Wildman–Crippen MR) is 168 cm³/mol. The molecule has 1 aliphatic carbocycles. The maximum Gasteiger partial charge on any atom is 0.147 e. The largest absolute Gasteiger partial charge is 0.309 e. The molecule has 0 aliphatic heterocycles. The van der Waals surface area contributed by atoms with Crippen molar-refractivity contribution in [3.63, 3.8) is 0 Å². The van der Waals surface area contributed by atoms with E-state index < -0.39 is 0 Å². The van der Waals surface area contributed by atoms with Crippen molar-refractivity contribution in [2.45, 2.75) is 6.42 Å². The van der Waals surface area contributed by atoms with Crippen LogP contribution in [0.25, 0.3) is 77.0 Å².